The van der Waals surface area contributed by atoms with Crippen molar-refractivity contribution in [3.05, 3.63) is 35.6 Å². The predicted molar refractivity (Wildman–Crippen MR) is 66.7 cm³/mol. The second-order valence-corrected chi connectivity index (χ2v) is 4.80. The average Bonchev–Trinajstić information content (AvgIpc) is 2.54. The van der Waals surface area contributed by atoms with Gasteiger partial charge in [0.15, 0.2) is 0 Å². The Morgan fingerprint density at radius 1 is 1.39 bits per heavy atom. The highest BCUT2D eigenvalue weighted by Crippen LogP contribution is 2.19. The molecule has 0 aromatic heterocycles. The van der Waals surface area contributed by atoms with Gasteiger partial charge in [0.05, 0.1) is 0 Å². The van der Waals surface area contributed by atoms with E-state index in [-0.39, 0.29) is 5.82 Å². The van der Waals surface area contributed by atoms with E-state index in [1.807, 2.05) is 11.0 Å². The second kappa shape index (κ2) is 5.96. The van der Waals surface area contributed by atoms with Gasteiger partial charge in [0.25, 0.3) is 0 Å². The summed E-state index contributed by atoms with van der Waals surface area (Å²) in [5, 5.41) is 9.25. The van der Waals surface area contributed by atoms with Crippen LogP contribution in [0, 0.1) is 5.82 Å². The van der Waals surface area contributed by atoms with Crippen molar-refractivity contribution in [1.82, 2.24) is 4.90 Å². The third kappa shape index (κ3) is 3.29. The quantitative estimate of drug-likeness (QED) is 0.897. The monoisotopic (exact) mass is 251 g/mol. The normalized spacial score (nSPS) is 21.5. The predicted octanol–water partition coefficient (Wildman–Crippen LogP) is 2.65. The number of benzene rings is 1. The van der Waals surface area contributed by atoms with Gasteiger partial charge in [-0.15, -0.1) is 0 Å². The van der Waals surface area contributed by atoms with Gasteiger partial charge in [-0.05, 0) is 37.1 Å². The first kappa shape index (κ1) is 13.0. The SMILES string of the molecule is O=C(O)C1CCCCCN1Cc1cccc(F)c1. The van der Waals surface area contributed by atoms with Crippen LogP contribution < -0.4 is 0 Å². The summed E-state index contributed by atoms with van der Waals surface area (Å²) < 4.78 is 13.1. The first-order valence-corrected chi connectivity index (χ1v) is 6.38. The molecule has 0 saturated carbocycles. The molecule has 1 aromatic carbocycles. The van der Waals surface area contributed by atoms with Crippen LogP contribution in [0.1, 0.15) is 31.2 Å². The van der Waals surface area contributed by atoms with E-state index < -0.39 is 12.0 Å². The van der Waals surface area contributed by atoms with Crippen LogP contribution in [0.3, 0.4) is 0 Å². The fourth-order valence-corrected chi connectivity index (χ4v) is 2.51. The van der Waals surface area contributed by atoms with Gasteiger partial charge in [-0.2, -0.15) is 0 Å². The van der Waals surface area contributed by atoms with Crippen LogP contribution in [0.15, 0.2) is 24.3 Å². The standard InChI is InChI=1S/C14H18FNO2/c15-12-6-4-5-11(9-12)10-16-8-3-1-2-7-13(16)14(17)18/h4-6,9,13H,1-3,7-8,10H2,(H,17,18). The van der Waals surface area contributed by atoms with Crippen molar-refractivity contribution in [1.29, 1.82) is 0 Å². The molecule has 1 fully saturated rings. The number of likely N-dealkylation sites (tertiary alicyclic amines) is 1. The second-order valence-electron chi connectivity index (χ2n) is 4.80. The van der Waals surface area contributed by atoms with Crippen LogP contribution in [-0.2, 0) is 11.3 Å². The molecule has 1 atom stereocenters. The number of carbonyl (C=O) groups is 1. The van der Waals surface area contributed by atoms with Crippen molar-refractivity contribution < 1.29 is 14.3 Å². The van der Waals surface area contributed by atoms with E-state index in [1.165, 1.54) is 12.1 Å². The van der Waals surface area contributed by atoms with Crippen LogP contribution in [0.5, 0.6) is 0 Å². The number of nitrogens with zero attached hydrogens (tertiary/aromatic N) is 1. The van der Waals surface area contributed by atoms with Crippen LogP contribution in [-0.4, -0.2) is 28.6 Å². The molecule has 98 valence electrons. The van der Waals surface area contributed by atoms with Gasteiger partial charge in [-0.25, -0.2) is 4.39 Å². The Hall–Kier alpha value is -1.42. The van der Waals surface area contributed by atoms with E-state index >= 15 is 0 Å². The molecule has 18 heavy (non-hydrogen) atoms. The molecule has 0 aliphatic carbocycles. The molecule has 1 aliphatic heterocycles. The van der Waals surface area contributed by atoms with Crippen LogP contribution in [0.4, 0.5) is 4.39 Å². The molecule has 1 unspecified atom stereocenters. The first-order valence-electron chi connectivity index (χ1n) is 6.38. The van der Waals surface area contributed by atoms with Crippen LogP contribution in [0.25, 0.3) is 0 Å². The lowest BCUT2D eigenvalue weighted by molar-refractivity contribution is -0.143. The lowest BCUT2D eigenvalue weighted by Crippen LogP contribution is -2.40. The van der Waals surface area contributed by atoms with E-state index in [9.17, 15) is 14.3 Å². The third-order valence-electron chi connectivity index (χ3n) is 3.42. The van der Waals surface area contributed by atoms with Crippen molar-refractivity contribution in [3.63, 3.8) is 0 Å². The molecular formula is C14H18FNO2. The summed E-state index contributed by atoms with van der Waals surface area (Å²) in [5.41, 5.74) is 0.836. The summed E-state index contributed by atoms with van der Waals surface area (Å²) in [4.78, 5) is 13.2. The van der Waals surface area contributed by atoms with Crippen LogP contribution >= 0.6 is 0 Å². The summed E-state index contributed by atoms with van der Waals surface area (Å²) in [6, 6.07) is 5.95. The van der Waals surface area contributed by atoms with E-state index in [2.05, 4.69) is 0 Å². The molecule has 1 aromatic rings. The summed E-state index contributed by atoms with van der Waals surface area (Å²) >= 11 is 0. The van der Waals surface area contributed by atoms with Crippen LogP contribution in [0.2, 0.25) is 0 Å². The highest BCUT2D eigenvalue weighted by atomic mass is 19.1. The van der Waals surface area contributed by atoms with Gasteiger partial charge >= 0.3 is 5.97 Å². The molecule has 4 heteroatoms. The van der Waals surface area contributed by atoms with Crippen molar-refractivity contribution in [2.75, 3.05) is 6.54 Å². The number of hydrogen-bond acceptors (Lipinski definition) is 2. The Labute approximate surface area is 106 Å². The molecule has 2 rings (SSSR count). The smallest absolute Gasteiger partial charge is 0.320 e. The van der Waals surface area contributed by atoms with E-state index in [0.29, 0.717) is 13.0 Å². The highest BCUT2D eigenvalue weighted by Gasteiger charge is 2.26. The number of carboxylic acids is 1. The molecule has 0 radical (unpaired) electrons. The Balaban J connectivity index is 2.11. The molecular weight excluding hydrogens is 233 g/mol. The average molecular weight is 251 g/mol. The van der Waals surface area contributed by atoms with Gasteiger partial charge < -0.3 is 5.11 Å². The topological polar surface area (TPSA) is 40.5 Å². The van der Waals surface area contributed by atoms with Gasteiger partial charge in [0.1, 0.15) is 11.9 Å². The molecule has 1 aliphatic rings. The van der Waals surface area contributed by atoms with Crippen molar-refractivity contribution in [2.45, 2.75) is 38.3 Å². The number of carboxylic acid groups (broad SMARTS) is 1. The summed E-state index contributed by atoms with van der Waals surface area (Å²) in [6.45, 7) is 1.28. The zero-order valence-electron chi connectivity index (χ0n) is 10.3. The molecule has 1 heterocycles. The lowest BCUT2D eigenvalue weighted by Gasteiger charge is -2.26. The zero-order chi connectivity index (χ0) is 13.0. The summed E-state index contributed by atoms with van der Waals surface area (Å²) in [7, 11) is 0. The number of rotatable bonds is 3. The minimum Gasteiger partial charge on any atom is -0.480 e. The van der Waals surface area contributed by atoms with E-state index in [0.717, 1.165) is 31.4 Å². The first-order chi connectivity index (χ1) is 8.66. The number of halogens is 1. The Bertz CT molecular complexity index is 422. The Morgan fingerprint density at radius 3 is 2.94 bits per heavy atom. The summed E-state index contributed by atoms with van der Waals surface area (Å²) in [6.07, 6.45) is 3.73. The molecule has 0 bridgehead atoms. The van der Waals surface area contributed by atoms with E-state index in [1.54, 1.807) is 6.07 Å². The third-order valence-corrected chi connectivity index (χ3v) is 3.42. The zero-order valence-corrected chi connectivity index (χ0v) is 10.3. The molecule has 0 amide bonds. The molecule has 0 spiro atoms. The van der Waals surface area contributed by atoms with E-state index in [4.69, 9.17) is 0 Å². The maximum Gasteiger partial charge on any atom is 0.320 e. The number of aliphatic carboxylic acids is 1. The van der Waals surface area contributed by atoms with Crippen molar-refractivity contribution >= 4 is 5.97 Å². The Kier molecular flexibility index (Phi) is 4.31. The fraction of sp³-hybridized carbons (Fsp3) is 0.500. The fourth-order valence-electron chi connectivity index (χ4n) is 2.51. The van der Waals surface area contributed by atoms with Crippen molar-refractivity contribution in [3.8, 4) is 0 Å². The maximum atomic E-state index is 13.1. The molecule has 1 saturated heterocycles. The van der Waals surface area contributed by atoms with Gasteiger partial charge in [0, 0.05) is 6.54 Å². The summed E-state index contributed by atoms with van der Waals surface area (Å²) in [5.74, 6) is -1.04. The highest BCUT2D eigenvalue weighted by molar-refractivity contribution is 5.73. The minimum atomic E-state index is -0.770. The molecule has 3 nitrogen and oxygen atoms in total. The van der Waals surface area contributed by atoms with Gasteiger partial charge in [-0.1, -0.05) is 25.0 Å². The number of hydrogen-bond donors (Lipinski definition) is 1. The van der Waals surface area contributed by atoms with Gasteiger partial charge in [0.2, 0.25) is 0 Å². The molecule has 1 N–H and O–H groups in total. The largest absolute Gasteiger partial charge is 0.480 e. The maximum absolute atomic E-state index is 13.1. The van der Waals surface area contributed by atoms with Gasteiger partial charge in [-0.3, -0.25) is 9.69 Å². The Morgan fingerprint density at radius 2 is 2.22 bits per heavy atom. The minimum absolute atomic E-state index is 0.269. The van der Waals surface area contributed by atoms with Crippen molar-refractivity contribution in [2.24, 2.45) is 0 Å². The lowest BCUT2D eigenvalue weighted by atomic mass is 10.1.